The Labute approximate surface area is 104 Å². The fraction of sp³-hybridized carbons (Fsp3) is 0.600. The molecule has 1 aliphatic rings. The van der Waals surface area contributed by atoms with Crippen molar-refractivity contribution in [1.29, 1.82) is 0 Å². The first-order chi connectivity index (χ1) is 8.18. The van der Waals surface area contributed by atoms with Crippen LogP contribution in [-0.2, 0) is 0 Å². The molecule has 0 aliphatic heterocycles. The van der Waals surface area contributed by atoms with E-state index in [1.807, 2.05) is 30.3 Å². The van der Waals surface area contributed by atoms with Gasteiger partial charge in [0.25, 0.3) is 0 Å². The second-order valence-corrected chi connectivity index (χ2v) is 5.58. The molecule has 1 aromatic carbocycles. The largest absolute Gasteiger partial charge is 0.494 e. The van der Waals surface area contributed by atoms with Crippen molar-refractivity contribution in [1.82, 2.24) is 0 Å². The Kier molecular flexibility index (Phi) is 4.06. The molecule has 2 heteroatoms. The van der Waals surface area contributed by atoms with Gasteiger partial charge in [-0.1, -0.05) is 25.1 Å². The van der Waals surface area contributed by atoms with Crippen molar-refractivity contribution < 1.29 is 4.74 Å². The van der Waals surface area contributed by atoms with Gasteiger partial charge < -0.3 is 10.5 Å². The lowest BCUT2D eigenvalue weighted by Crippen LogP contribution is -2.19. The van der Waals surface area contributed by atoms with Gasteiger partial charge in [-0.3, -0.25) is 0 Å². The molecule has 2 nitrogen and oxygen atoms in total. The minimum absolute atomic E-state index is 0.426. The predicted molar refractivity (Wildman–Crippen MR) is 71.1 cm³/mol. The van der Waals surface area contributed by atoms with E-state index in [2.05, 4.69) is 6.92 Å². The van der Waals surface area contributed by atoms with Gasteiger partial charge in [0.05, 0.1) is 6.61 Å². The highest BCUT2D eigenvalue weighted by molar-refractivity contribution is 5.20. The average molecular weight is 233 g/mol. The lowest BCUT2D eigenvalue weighted by Gasteiger charge is -2.23. The van der Waals surface area contributed by atoms with Crippen LogP contribution in [0.1, 0.15) is 39.0 Å². The summed E-state index contributed by atoms with van der Waals surface area (Å²) in [5, 5.41) is 0. The third kappa shape index (κ3) is 3.74. The lowest BCUT2D eigenvalue weighted by atomic mass is 9.84. The lowest BCUT2D eigenvalue weighted by molar-refractivity contribution is 0.243. The Morgan fingerprint density at radius 2 is 2.12 bits per heavy atom. The van der Waals surface area contributed by atoms with Gasteiger partial charge >= 0.3 is 0 Å². The second kappa shape index (κ2) is 5.54. The third-order valence-corrected chi connectivity index (χ3v) is 3.81. The zero-order valence-electron chi connectivity index (χ0n) is 10.7. The zero-order chi connectivity index (χ0) is 12.1. The fourth-order valence-electron chi connectivity index (χ4n) is 2.80. The quantitative estimate of drug-likeness (QED) is 0.791. The van der Waals surface area contributed by atoms with Crippen LogP contribution in [0.4, 0.5) is 0 Å². The molecule has 2 unspecified atom stereocenters. The maximum atomic E-state index is 5.97. The molecule has 1 aliphatic carbocycles. The molecule has 2 atom stereocenters. The maximum absolute atomic E-state index is 5.97. The zero-order valence-corrected chi connectivity index (χ0v) is 10.7. The Hall–Kier alpha value is -1.02. The van der Waals surface area contributed by atoms with E-state index in [0.717, 1.165) is 18.8 Å². The summed E-state index contributed by atoms with van der Waals surface area (Å²) < 4.78 is 5.71. The highest BCUT2D eigenvalue weighted by Gasteiger charge is 2.32. The minimum Gasteiger partial charge on any atom is -0.494 e. The van der Waals surface area contributed by atoms with Crippen molar-refractivity contribution in [2.45, 2.75) is 45.1 Å². The summed E-state index contributed by atoms with van der Waals surface area (Å²) in [6, 6.07) is 10.5. The number of hydrogen-bond donors (Lipinski definition) is 1. The molecule has 0 spiro atoms. The van der Waals surface area contributed by atoms with E-state index >= 15 is 0 Å². The first-order valence-electron chi connectivity index (χ1n) is 6.61. The number of rotatable bonds is 5. The maximum Gasteiger partial charge on any atom is 0.119 e. The van der Waals surface area contributed by atoms with E-state index in [0.29, 0.717) is 11.5 Å². The normalized spacial score (nSPS) is 28.2. The van der Waals surface area contributed by atoms with Gasteiger partial charge in [0.2, 0.25) is 0 Å². The van der Waals surface area contributed by atoms with Crippen molar-refractivity contribution in [3.05, 3.63) is 30.3 Å². The summed E-state index contributed by atoms with van der Waals surface area (Å²) >= 11 is 0. The van der Waals surface area contributed by atoms with E-state index in [9.17, 15) is 0 Å². The van der Waals surface area contributed by atoms with Crippen molar-refractivity contribution in [2.75, 3.05) is 6.61 Å². The number of nitrogens with two attached hydrogens (primary N) is 1. The SMILES string of the molecule is CC1(CCCOc2ccccc2)CCC(N)C1. The van der Waals surface area contributed by atoms with Crippen molar-refractivity contribution >= 4 is 0 Å². The van der Waals surface area contributed by atoms with E-state index < -0.39 is 0 Å². The molecule has 2 N–H and O–H groups in total. The summed E-state index contributed by atoms with van der Waals surface area (Å²) in [6.45, 7) is 3.18. The smallest absolute Gasteiger partial charge is 0.119 e. The highest BCUT2D eigenvalue weighted by atomic mass is 16.5. The van der Waals surface area contributed by atoms with Gasteiger partial charge in [-0.2, -0.15) is 0 Å². The molecule has 0 radical (unpaired) electrons. The summed E-state index contributed by atoms with van der Waals surface area (Å²) in [6.07, 6.45) is 6.00. The standard InChI is InChI=1S/C15H23NO/c1-15(10-8-13(16)12-15)9-5-11-17-14-6-3-2-4-7-14/h2-4,6-7,13H,5,8-12,16H2,1H3. The molecule has 0 aromatic heterocycles. The van der Waals surface area contributed by atoms with Crippen LogP contribution in [0.5, 0.6) is 5.75 Å². The second-order valence-electron chi connectivity index (χ2n) is 5.58. The van der Waals surface area contributed by atoms with Crippen LogP contribution in [0.25, 0.3) is 0 Å². The van der Waals surface area contributed by atoms with E-state index in [-0.39, 0.29) is 0 Å². The molecule has 1 fully saturated rings. The number of para-hydroxylation sites is 1. The van der Waals surface area contributed by atoms with Gasteiger partial charge in [-0.05, 0) is 49.7 Å². The molecule has 0 amide bonds. The summed E-state index contributed by atoms with van der Waals surface area (Å²) in [5.41, 5.74) is 6.43. The molecule has 0 heterocycles. The number of ether oxygens (including phenoxy) is 1. The monoisotopic (exact) mass is 233 g/mol. The van der Waals surface area contributed by atoms with E-state index in [1.165, 1.54) is 25.7 Å². The molecule has 0 saturated heterocycles. The van der Waals surface area contributed by atoms with Gasteiger partial charge in [0.15, 0.2) is 0 Å². The van der Waals surface area contributed by atoms with Crippen molar-refractivity contribution in [3.8, 4) is 5.75 Å². The molecular formula is C15H23NO. The fourth-order valence-corrected chi connectivity index (χ4v) is 2.80. The molecule has 0 bridgehead atoms. The Bertz CT molecular complexity index is 338. The van der Waals surface area contributed by atoms with Crippen LogP contribution < -0.4 is 10.5 Å². The predicted octanol–water partition coefficient (Wildman–Crippen LogP) is 3.36. The van der Waals surface area contributed by atoms with E-state index in [1.54, 1.807) is 0 Å². The van der Waals surface area contributed by atoms with Gasteiger partial charge in [0.1, 0.15) is 5.75 Å². The van der Waals surface area contributed by atoms with E-state index in [4.69, 9.17) is 10.5 Å². The number of benzene rings is 1. The van der Waals surface area contributed by atoms with Crippen LogP contribution in [0.15, 0.2) is 30.3 Å². The Balaban J connectivity index is 1.67. The Morgan fingerprint density at radius 3 is 2.76 bits per heavy atom. The molecule has 1 aromatic rings. The first-order valence-corrected chi connectivity index (χ1v) is 6.61. The van der Waals surface area contributed by atoms with Crippen LogP contribution in [0, 0.1) is 5.41 Å². The molecule has 1 saturated carbocycles. The molecule has 2 rings (SSSR count). The van der Waals surface area contributed by atoms with Crippen LogP contribution in [-0.4, -0.2) is 12.6 Å². The molecular weight excluding hydrogens is 210 g/mol. The van der Waals surface area contributed by atoms with Crippen molar-refractivity contribution in [3.63, 3.8) is 0 Å². The average Bonchev–Trinajstić information content (AvgIpc) is 2.67. The van der Waals surface area contributed by atoms with Gasteiger partial charge in [-0.15, -0.1) is 0 Å². The van der Waals surface area contributed by atoms with Crippen LogP contribution >= 0.6 is 0 Å². The minimum atomic E-state index is 0.426. The Morgan fingerprint density at radius 1 is 1.35 bits per heavy atom. The number of hydrogen-bond acceptors (Lipinski definition) is 2. The third-order valence-electron chi connectivity index (χ3n) is 3.81. The van der Waals surface area contributed by atoms with Crippen LogP contribution in [0.2, 0.25) is 0 Å². The highest BCUT2D eigenvalue weighted by Crippen LogP contribution is 2.40. The first kappa shape index (κ1) is 12.4. The van der Waals surface area contributed by atoms with Crippen molar-refractivity contribution in [2.24, 2.45) is 11.1 Å². The topological polar surface area (TPSA) is 35.2 Å². The van der Waals surface area contributed by atoms with Crippen LogP contribution in [0.3, 0.4) is 0 Å². The summed E-state index contributed by atoms with van der Waals surface area (Å²) in [5.74, 6) is 0.973. The molecule has 94 valence electrons. The summed E-state index contributed by atoms with van der Waals surface area (Å²) in [7, 11) is 0. The summed E-state index contributed by atoms with van der Waals surface area (Å²) in [4.78, 5) is 0. The van der Waals surface area contributed by atoms with Gasteiger partial charge in [-0.25, -0.2) is 0 Å². The molecule has 17 heavy (non-hydrogen) atoms. The van der Waals surface area contributed by atoms with Gasteiger partial charge in [0, 0.05) is 6.04 Å².